The fourth-order valence-electron chi connectivity index (χ4n) is 2.44. The summed E-state index contributed by atoms with van der Waals surface area (Å²) in [6.45, 7) is 0.181. The Labute approximate surface area is 147 Å². The molecule has 0 fully saturated rings. The van der Waals surface area contributed by atoms with E-state index in [1.54, 1.807) is 30.3 Å². The van der Waals surface area contributed by atoms with E-state index in [4.69, 9.17) is 34.8 Å². The number of hydrogen-bond acceptors (Lipinski definition) is 3. The minimum Gasteiger partial charge on any atom is -0.477 e. The third-order valence-corrected chi connectivity index (χ3v) is 4.35. The van der Waals surface area contributed by atoms with Gasteiger partial charge in [-0.1, -0.05) is 40.9 Å². The van der Waals surface area contributed by atoms with Crippen LogP contribution in [-0.2, 0) is 4.79 Å². The number of aliphatic imine (C=N–C) groups is 1. The maximum atomic E-state index is 11.3. The van der Waals surface area contributed by atoms with E-state index in [1.165, 1.54) is 0 Å². The molecule has 1 unspecified atom stereocenters. The third kappa shape index (κ3) is 3.29. The molecule has 3 rings (SSSR count). The number of carboxylic acid groups (broad SMARTS) is 1. The molecule has 4 nitrogen and oxygen atoms in total. The number of aliphatic carboxylic acids is 1. The predicted octanol–water partition coefficient (Wildman–Crippen LogP) is 4.69. The maximum absolute atomic E-state index is 11.3. The molecule has 0 saturated heterocycles. The topological polar surface area (TPSA) is 52.9 Å². The van der Waals surface area contributed by atoms with Crippen LogP contribution in [0.25, 0.3) is 0 Å². The fourth-order valence-corrected chi connectivity index (χ4v) is 3.07. The van der Waals surface area contributed by atoms with Gasteiger partial charge in [-0.2, -0.15) is 0 Å². The van der Waals surface area contributed by atoms with Crippen LogP contribution < -0.4 is 4.90 Å². The molecule has 0 spiro atoms. The van der Waals surface area contributed by atoms with Crippen LogP contribution in [0.4, 0.5) is 5.69 Å². The van der Waals surface area contributed by atoms with Gasteiger partial charge in [0.05, 0.1) is 6.54 Å². The van der Waals surface area contributed by atoms with Gasteiger partial charge in [-0.3, -0.25) is 4.99 Å². The number of hydrogen-bond donors (Lipinski definition) is 1. The molecule has 0 amide bonds. The molecule has 1 aliphatic rings. The van der Waals surface area contributed by atoms with Crippen molar-refractivity contribution in [3.8, 4) is 0 Å². The van der Waals surface area contributed by atoms with Gasteiger partial charge in [-0.15, -0.1) is 0 Å². The standard InChI is InChI=1S/C16H11Cl3N2O2/c17-9-1-4-11(5-2-9)21-8-14(16(22)23)20-15(21)12-6-3-10(18)7-13(12)19/h1-7,15H,8H2,(H,22,23). The summed E-state index contributed by atoms with van der Waals surface area (Å²) in [4.78, 5) is 17.5. The van der Waals surface area contributed by atoms with Crippen LogP contribution in [0, 0.1) is 0 Å². The Bertz CT molecular complexity index is 790. The molecule has 1 atom stereocenters. The quantitative estimate of drug-likeness (QED) is 0.854. The van der Waals surface area contributed by atoms with E-state index in [0.717, 1.165) is 5.69 Å². The number of halogens is 3. The lowest BCUT2D eigenvalue weighted by Crippen LogP contribution is -2.28. The maximum Gasteiger partial charge on any atom is 0.351 e. The van der Waals surface area contributed by atoms with Gasteiger partial charge in [0, 0.05) is 26.3 Å². The van der Waals surface area contributed by atoms with E-state index in [0.29, 0.717) is 20.6 Å². The number of rotatable bonds is 3. The molecular weight excluding hydrogens is 359 g/mol. The van der Waals surface area contributed by atoms with Gasteiger partial charge in [0.25, 0.3) is 0 Å². The third-order valence-electron chi connectivity index (χ3n) is 3.54. The molecule has 2 aromatic carbocycles. The zero-order valence-corrected chi connectivity index (χ0v) is 14.0. The first-order valence-corrected chi connectivity index (χ1v) is 7.86. The highest BCUT2D eigenvalue weighted by Gasteiger charge is 2.32. The van der Waals surface area contributed by atoms with E-state index >= 15 is 0 Å². The zero-order valence-electron chi connectivity index (χ0n) is 11.7. The fraction of sp³-hybridized carbons (Fsp3) is 0.125. The Morgan fingerprint density at radius 2 is 1.74 bits per heavy atom. The van der Waals surface area contributed by atoms with Crippen LogP contribution in [-0.4, -0.2) is 23.3 Å². The van der Waals surface area contributed by atoms with Crippen LogP contribution in [0.2, 0.25) is 15.1 Å². The van der Waals surface area contributed by atoms with Crippen molar-refractivity contribution in [3.63, 3.8) is 0 Å². The molecular formula is C16H11Cl3N2O2. The minimum atomic E-state index is -1.04. The Morgan fingerprint density at radius 3 is 2.35 bits per heavy atom. The monoisotopic (exact) mass is 368 g/mol. The molecule has 1 N–H and O–H groups in total. The molecule has 1 heterocycles. The molecule has 23 heavy (non-hydrogen) atoms. The summed E-state index contributed by atoms with van der Waals surface area (Å²) in [6.07, 6.45) is -0.521. The summed E-state index contributed by atoms with van der Waals surface area (Å²) in [5, 5.41) is 10.8. The number of carbonyl (C=O) groups is 1. The Balaban J connectivity index is 2.04. The van der Waals surface area contributed by atoms with Crippen molar-refractivity contribution in [2.45, 2.75) is 6.17 Å². The van der Waals surface area contributed by atoms with Crippen molar-refractivity contribution < 1.29 is 9.90 Å². The van der Waals surface area contributed by atoms with Crippen molar-refractivity contribution >= 4 is 52.2 Å². The first-order chi connectivity index (χ1) is 11.0. The normalized spacial score (nSPS) is 17.3. The van der Waals surface area contributed by atoms with E-state index in [9.17, 15) is 9.90 Å². The number of carboxylic acids is 1. The highest BCUT2D eigenvalue weighted by atomic mass is 35.5. The van der Waals surface area contributed by atoms with Crippen molar-refractivity contribution in [1.82, 2.24) is 0 Å². The van der Waals surface area contributed by atoms with Crippen LogP contribution in [0.15, 0.2) is 47.5 Å². The average Bonchev–Trinajstić information content (AvgIpc) is 2.93. The molecule has 2 aromatic rings. The van der Waals surface area contributed by atoms with E-state index in [2.05, 4.69) is 4.99 Å². The summed E-state index contributed by atoms with van der Waals surface area (Å²) in [6, 6.07) is 12.2. The van der Waals surface area contributed by atoms with Crippen LogP contribution in [0.1, 0.15) is 11.7 Å². The molecule has 0 saturated carbocycles. The summed E-state index contributed by atoms with van der Waals surface area (Å²) in [5.41, 5.74) is 1.59. The SMILES string of the molecule is O=C(O)C1=NC(c2ccc(Cl)cc2Cl)N(c2ccc(Cl)cc2)C1. The second-order valence-corrected chi connectivity index (χ2v) is 6.30. The molecule has 118 valence electrons. The second-order valence-electron chi connectivity index (χ2n) is 5.02. The van der Waals surface area contributed by atoms with Crippen molar-refractivity contribution in [2.75, 3.05) is 11.4 Å². The molecule has 1 aliphatic heterocycles. The summed E-state index contributed by atoms with van der Waals surface area (Å²) < 4.78 is 0. The summed E-state index contributed by atoms with van der Waals surface area (Å²) >= 11 is 18.1. The van der Waals surface area contributed by atoms with Gasteiger partial charge in [0.2, 0.25) is 0 Å². The van der Waals surface area contributed by atoms with Gasteiger partial charge in [-0.25, -0.2) is 4.79 Å². The highest BCUT2D eigenvalue weighted by molar-refractivity contribution is 6.38. The smallest absolute Gasteiger partial charge is 0.351 e. The molecule has 0 radical (unpaired) electrons. The lowest BCUT2D eigenvalue weighted by molar-refractivity contribution is -0.129. The summed E-state index contributed by atoms with van der Waals surface area (Å²) in [5.74, 6) is -1.04. The van der Waals surface area contributed by atoms with Crippen LogP contribution >= 0.6 is 34.8 Å². The van der Waals surface area contributed by atoms with Gasteiger partial charge in [-0.05, 0) is 36.4 Å². The Hall–Kier alpha value is -1.75. The lowest BCUT2D eigenvalue weighted by Gasteiger charge is -2.26. The van der Waals surface area contributed by atoms with E-state index < -0.39 is 12.1 Å². The van der Waals surface area contributed by atoms with Gasteiger partial charge < -0.3 is 10.0 Å². The van der Waals surface area contributed by atoms with Gasteiger partial charge >= 0.3 is 5.97 Å². The summed E-state index contributed by atoms with van der Waals surface area (Å²) in [7, 11) is 0. The minimum absolute atomic E-state index is 0.0796. The molecule has 0 aliphatic carbocycles. The van der Waals surface area contributed by atoms with Gasteiger partial charge in [0.15, 0.2) is 0 Å². The van der Waals surface area contributed by atoms with E-state index in [-0.39, 0.29) is 12.3 Å². The number of nitrogens with zero attached hydrogens (tertiary/aromatic N) is 2. The lowest BCUT2D eigenvalue weighted by atomic mass is 10.1. The largest absolute Gasteiger partial charge is 0.477 e. The Morgan fingerprint density at radius 1 is 1.09 bits per heavy atom. The average molecular weight is 370 g/mol. The first kappa shape index (κ1) is 16.1. The van der Waals surface area contributed by atoms with Crippen molar-refractivity contribution in [2.24, 2.45) is 4.99 Å². The molecule has 0 aromatic heterocycles. The first-order valence-electron chi connectivity index (χ1n) is 6.73. The van der Waals surface area contributed by atoms with Gasteiger partial charge in [0.1, 0.15) is 11.9 Å². The molecule has 0 bridgehead atoms. The number of benzene rings is 2. The Kier molecular flexibility index (Phi) is 4.48. The van der Waals surface area contributed by atoms with Crippen LogP contribution in [0.5, 0.6) is 0 Å². The predicted molar refractivity (Wildman–Crippen MR) is 93.1 cm³/mol. The van der Waals surface area contributed by atoms with E-state index in [1.807, 2.05) is 17.0 Å². The molecule has 7 heteroatoms. The highest BCUT2D eigenvalue weighted by Crippen LogP contribution is 2.37. The second kappa shape index (κ2) is 6.40. The van der Waals surface area contributed by atoms with Crippen molar-refractivity contribution in [1.29, 1.82) is 0 Å². The number of anilines is 1. The zero-order chi connectivity index (χ0) is 16.6. The van der Waals surface area contributed by atoms with Crippen LogP contribution in [0.3, 0.4) is 0 Å². The van der Waals surface area contributed by atoms with Crippen molar-refractivity contribution in [3.05, 3.63) is 63.1 Å².